The highest BCUT2D eigenvalue weighted by Crippen LogP contribution is 2.12. The highest BCUT2D eigenvalue weighted by molar-refractivity contribution is 6.05. The summed E-state index contributed by atoms with van der Waals surface area (Å²) >= 11 is 0. The van der Waals surface area contributed by atoms with Crippen LogP contribution in [0, 0.1) is 12.7 Å². The molecule has 1 aromatic heterocycles. The molecule has 26 heavy (non-hydrogen) atoms. The third kappa shape index (κ3) is 4.38. The minimum absolute atomic E-state index is 0.00376. The van der Waals surface area contributed by atoms with Crippen molar-refractivity contribution in [2.24, 2.45) is 0 Å². The molecule has 0 atom stereocenters. The fraction of sp³-hybridized carbons (Fsp3) is 0.400. The quantitative estimate of drug-likeness (QED) is 0.590. The third-order valence-corrected chi connectivity index (χ3v) is 4.83. The maximum Gasteiger partial charge on any atom is 0.190 e. The van der Waals surface area contributed by atoms with Crippen molar-refractivity contribution in [2.75, 3.05) is 26.2 Å². The van der Waals surface area contributed by atoms with E-state index in [-0.39, 0.29) is 11.6 Å². The summed E-state index contributed by atoms with van der Waals surface area (Å²) in [6.45, 7) is 9.11. The van der Waals surface area contributed by atoms with E-state index in [0.717, 1.165) is 50.5 Å². The van der Waals surface area contributed by atoms with Gasteiger partial charge in [-0.1, -0.05) is 12.1 Å². The Balaban J connectivity index is 1.50. The van der Waals surface area contributed by atoms with Crippen molar-refractivity contribution in [1.29, 1.82) is 0 Å². The number of benzene rings is 1. The molecule has 0 N–H and O–H groups in total. The Bertz CT molecular complexity index is 774. The minimum Gasteiger partial charge on any atom is -0.375 e. The van der Waals surface area contributed by atoms with Crippen molar-refractivity contribution < 1.29 is 9.18 Å². The average Bonchev–Trinajstić information content (AvgIpc) is 3.03. The number of piperazine rings is 1. The second kappa shape index (κ2) is 8.27. The summed E-state index contributed by atoms with van der Waals surface area (Å²) in [5.41, 5.74) is 2.69. The van der Waals surface area contributed by atoms with Crippen LogP contribution in [0.4, 0.5) is 4.39 Å². The molecule has 5 nitrogen and oxygen atoms in total. The van der Waals surface area contributed by atoms with Crippen LogP contribution >= 0.6 is 0 Å². The summed E-state index contributed by atoms with van der Waals surface area (Å²) in [5.74, 6) is -0.205. The first-order valence-corrected chi connectivity index (χ1v) is 9.02. The predicted molar refractivity (Wildman–Crippen MR) is 99.4 cm³/mol. The maximum atomic E-state index is 13.0. The number of halogens is 1. The summed E-state index contributed by atoms with van der Waals surface area (Å²) in [7, 11) is 0. The SMILES string of the molecule is CCn1ncc(C(=O)C=CN2CCN(Cc3ccc(F)cc3)CC2)c1C. The lowest BCUT2D eigenvalue weighted by atomic mass is 10.1. The molecule has 0 unspecified atom stereocenters. The van der Waals surface area contributed by atoms with Crippen LogP contribution in [0.2, 0.25) is 0 Å². The molecule has 0 aliphatic carbocycles. The molecule has 2 heterocycles. The van der Waals surface area contributed by atoms with Crippen molar-refractivity contribution in [3.63, 3.8) is 0 Å². The number of hydrogen-bond acceptors (Lipinski definition) is 4. The largest absolute Gasteiger partial charge is 0.375 e. The van der Waals surface area contributed by atoms with Crippen molar-refractivity contribution in [3.8, 4) is 0 Å². The molecule has 0 amide bonds. The van der Waals surface area contributed by atoms with Crippen molar-refractivity contribution in [3.05, 3.63) is 65.4 Å². The fourth-order valence-corrected chi connectivity index (χ4v) is 3.19. The van der Waals surface area contributed by atoms with Gasteiger partial charge in [0.25, 0.3) is 0 Å². The van der Waals surface area contributed by atoms with Gasteiger partial charge in [-0.05, 0) is 31.5 Å². The van der Waals surface area contributed by atoms with Gasteiger partial charge in [0.1, 0.15) is 5.82 Å². The summed E-state index contributed by atoms with van der Waals surface area (Å²) < 4.78 is 14.8. The summed E-state index contributed by atoms with van der Waals surface area (Å²) in [4.78, 5) is 16.9. The van der Waals surface area contributed by atoms with Gasteiger partial charge in [0.15, 0.2) is 5.78 Å². The lowest BCUT2D eigenvalue weighted by Gasteiger charge is -2.34. The molecule has 1 aliphatic rings. The van der Waals surface area contributed by atoms with E-state index < -0.39 is 0 Å². The molecule has 0 spiro atoms. The van der Waals surface area contributed by atoms with Gasteiger partial charge in [0.05, 0.1) is 11.8 Å². The number of aromatic nitrogens is 2. The molecule has 3 rings (SSSR count). The zero-order chi connectivity index (χ0) is 18.5. The molecule has 1 aliphatic heterocycles. The Hall–Kier alpha value is -2.47. The van der Waals surface area contributed by atoms with Crippen LogP contribution in [0.1, 0.15) is 28.5 Å². The Morgan fingerprint density at radius 2 is 1.88 bits per heavy atom. The second-order valence-electron chi connectivity index (χ2n) is 6.58. The topological polar surface area (TPSA) is 41.4 Å². The average molecular weight is 356 g/mol. The van der Waals surface area contributed by atoms with E-state index in [0.29, 0.717) is 5.56 Å². The number of nitrogens with zero attached hydrogens (tertiary/aromatic N) is 4. The Morgan fingerprint density at radius 3 is 2.50 bits per heavy atom. The van der Waals surface area contributed by atoms with E-state index in [2.05, 4.69) is 14.9 Å². The van der Waals surface area contributed by atoms with Gasteiger partial charge < -0.3 is 4.90 Å². The van der Waals surface area contributed by atoms with E-state index >= 15 is 0 Å². The minimum atomic E-state index is -0.201. The van der Waals surface area contributed by atoms with Gasteiger partial charge in [-0.2, -0.15) is 5.10 Å². The number of ketones is 1. The first kappa shape index (κ1) is 18.3. The number of carbonyl (C=O) groups is 1. The molecule has 0 radical (unpaired) electrons. The molecule has 2 aromatic rings. The molecule has 0 bridgehead atoms. The van der Waals surface area contributed by atoms with Gasteiger partial charge in [0.2, 0.25) is 0 Å². The first-order chi connectivity index (χ1) is 12.6. The van der Waals surface area contributed by atoms with Crippen LogP contribution in [0.3, 0.4) is 0 Å². The summed E-state index contributed by atoms with van der Waals surface area (Å²) in [5, 5.41) is 4.22. The zero-order valence-electron chi connectivity index (χ0n) is 15.4. The molecular formula is C20H25FN4O. The molecule has 1 fully saturated rings. The van der Waals surface area contributed by atoms with E-state index in [9.17, 15) is 9.18 Å². The number of carbonyl (C=O) groups excluding carboxylic acids is 1. The zero-order valence-corrected chi connectivity index (χ0v) is 15.4. The molecule has 1 saturated heterocycles. The van der Waals surface area contributed by atoms with E-state index in [1.807, 2.05) is 36.9 Å². The van der Waals surface area contributed by atoms with E-state index in [1.165, 1.54) is 12.1 Å². The summed E-state index contributed by atoms with van der Waals surface area (Å²) in [6, 6.07) is 6.67. The number of hydrogen-bond donors (Lipinski definition) is 0. The second-order valence-corrected chi connectivity index (χ2v) is 6.58. The molecular weight excluding hydrogens is 331 g/mol. The smallest absolute Gasteiger partial charge is 0.190 e. The van der Waals surface area contributed by atoms with Crippen molar-refractivity contribution >= 4 is 5.78 Å². The molecule has 138 valence electrons. The monoisotopic (exact) mass is 356 g/mol. The van der Waals surface area contributed by atoms with E-state index in [1.54, 1.807) is 12.3 Å². The van der Waals surface area contributed by atoms with Crippen LogP contribution in [0.25, 0.3) is 0 Å². The Kier molecular flexibility index (Phi) is 5.83. The summed E-state index contributed by atoms with van der Waals surface area (Å²) in [6.07, 6.45) is 5.17. The molecule has 1 aromatic carbocycles. The third-order valence-electron chi connectivity index (χ3n) is 4.83. The highest BCUT2D eigenvalue weighted by Gasteiger charge is 2.16. The Morgan fingerprint density at radius 1 is 1.19 bits per heavy atom. The lowest BCUT2D eigenvalue weighted by molar-refractivity contribution is 0.104. The molecule has 6 heteroatoms. The Labute approximate surface area is 153 Å². The van der Waals surface area contributed by atoms with Crippen LogP contribution in [0.15, 0.2) is 42.7 Å². The standard InChI is InChI=1S/C20H25FN4O/c1-3-25-16(2)19(14-22-25)20(26)8-9-23-10-12-24(13-11-23)15-17-4-6-18(21)7-5-17/h4-9,14H,3,10-13,15H2,1-2H3. The van der Waals surface area contributed by atoms with Gasteiger partial charge >= 0.3 is 0 Å². The van der Waals surface area contributed by atoms with E-state index in [4.69, 9.17) is 0 Å². The van der Waals surface area contributed by atoms with Gasteiger partial charge in [-0.3, -0.25) is 14.4 Å². The van der Waals surface area contributed by atoms with Crippen LogP contribution < -0.4 is 0 Å². The van der Waals surface area contributed by atoms with Gasteiger partial charge in [-0.15, -0.1) is 0 Å². The highest BCUT2D eigenvalue weighted by atomic mass is 19.1. The fourth-order valence-electron chi connectivity index (χ4n) is 3.19. The van der Waals surface area contributed by atoms with Crippen LogP contribution in [0.5, 0.6) is 0 Å². The number of rotatable bonds is 6. The normalized spacial score (nSPS) is 15.7. The first-order valence-electron chi connectivity index (χ1n) is 9.02. The number of aryl methyl sites for hydroxylation is 1. The number of allylic oxidation sites excluding steroid dienone is 1. The van der Waals surface area contributed by atoms with Crippen LogP contribution in [-0.2, 0) is 13.1 Å². The lowest BCUT2D eigenvalue weighted by Crippen LogP contribution is -2.43. The van der Waals surface area contributed by atoms with Gasteiger partial charge in [0, 0.05) is 57.2 Å². The predicted octanol–water partition coefficient (Wildman–Crippen LogP) is 2.86. The molecule has 0 saturated carbocycles. The van der Waals surface area contributed by atoms with Crippen molar-refractivity contribution in [1.82, 2.24) is 19.6 Å². The van der Waals surface area contributed by atoms with Gasteiger partial charge in [-0.25, -0.2) is 4.39 Å². The maximum absolute atomic E-state index is 13.0. The van der Waals surface area contributed by atoms with Crippen LogP contribution in [-0.4, -0.2) is 51.5 Å². The van der Waals surface area contributed by atoms with Crippen molar-refractivity contribution in [2.45, 2.75) is 26.9 Å².